The van der Waals surface area contributed by atoms with Crippen LogP contribution in [0.25, 0.3) is 21.3 Å². The minimum Gasteiger partial charge on any atom is -0.476 e. The lowest BCUT2D eigenvalue weighted by Crippen LogP contribution is -2.64. The first-order valence-electron chi connectivity index (χ1n) is 27.3. The number of ketones is 1. The molecule has 4 aliphatic carbocycles. The van der Waals surface area contributed by atoms with Gasteiger partial charge in [-0.05, 0) is 125 Å². The normalized spacial score (nSPS) is 24.6. The Hall–Kier alpha value is -5.32. The van der Waals surface area contributed by atoms with E-state index in [9.17, 15) is 19.5 Å². The topological polar surface area (TPSA) is 172 Å². The van der Waals surface area contributed by atoms with E-state index in [0.29, 0.717) is 60.7 Å². The molecule has 390 valence electrons. The smallest absolute Gasteiger partial charge is 0.355 e. The molecule has 4 atom stereocenters. The molecular formula is C57H76N10O5S. The van der Waals surface area contributed by atoms with E-state index in [0.717, 1.165) is 148 Å². The van der Waals surface area contributed by atoms with Crippen molar-refractivity contribution < 1.29 is 24.2 Å². The predicted octanol–water partition coefficient (Wildman–Crippen LogP) is 11.3. The summed E-state index contributed by atoms with van der Waals surface area (Å²) < 4.78 is 10.4. The third kappa shape index (κ3) is 11.2. The van der Waals surface area contributed by atoms with Crippen molar-refractivity contribution >= 4 is 61.8 Å². The van der Waals surface area contributed by atoms with Crippen molar-refractivity contribution in [1.82, 2.24) is 39.7 Å². The van der Waals surface area contributed by atoms with Crippen LogP contribution in [-0.4, -0.2) is 114 Å². The molecule has 15 nitrogen and oxygen atoms in total. The number of thiazole rings is 1. The number of carboxylic acid groups (broad SMARTS) is 1. The first-order valence-corrected chi connectivity index (χ1v) is 28.1. The number of amides is 1. The molecule has 1 aromatic carbocycles. The second kappa shape index (κ2) is 21.1. The van der Waals surface area contributed by atoms with E-state index >= 15 is 0 Å². The fraction of sp³-hybridized carbons (Fsp3) is 0.614. The number of ether oxygens (including phenoxy) is 1. The number of unbranched alkanes of at least 4 members (excludes halogenated alkanes) is 7. The Bertz CT molecular complexity index is 2780. The number of piperazine rings is 1. The summed E-state index contributed by atoms with van der Waals surface area (Å²) in [6, 6.07) is 11.8. The molecule has 1 amide bonds. The molecule has 0 radical (unpaired) electrons. The molecular weight excluding hydrogens is 937 g/mol. The number of nitrogens with one attached hydrogen (secondary N) is 1. The van der Waals surface area contributed by atoms with Gasteiger partial charge in [-0.15, -0.1) is 10.2 Å². The fourth-order valence-electron chi connectivity index (χ4n) is 14.7. The number of rotatable bonds is 22. The van der Waals surface area contributed by atoms with Crippen molar-refractivity contribution in [3.8, 4) is 11.1 Å². The van der Waals surface area contributed by atoms with Gasteiger partial charge in [0, 0.05) is 86.6 Å². The molecule has 4 aromatic heterocycles. The maximum Gasteiger partial charge on any atom is 0.355 e. The number of pyridine rings is 1. The van der Waals surface area contributed by atoms with Gasteiger partial charge in [-0.1, -0.05) is 75.8 Å². The number of fused-ring (bicyclic) bond motifs is 2. The number of Topliss-reactive ketones (excluding diaryl/α,β-unsaturated/α-hetero) is 1. The Balaban J connectivity index is 0.752. The summed E-state index contributed by atoms with van der Waals surface area (Å²) in [4.78, 5) is 53.4. The van der Waals surface area contributed by atoms with E-state index in [1.54, 1.807) is 18.3 Å². The lowest BCUT2D eigenvalue weighted by molar-refractivity contribution is -0.249. The van der Waals surface area contributed by atoms with E-state index in [2.05, 4.69) is 51.7 Å². The predicted molar refractivity (Wildman–Crippen MR) is 287 cm³/mol. The van der Waals surface area contributed by atoms with E-state index in [4.69, 9.17) is 24.9 Å². The summed E-state index contributed by atoms with van der Waals surface area (Å²) in [6.07, 6.45) is 20.6. The Morgan fingerprint density at radius 1 is 0.795 bits per heavy atom. The number of para-hydroxylation sites is 1. The van der Waals surface area contributed by atoms with Gasteiger partial charge in [-0.3, -0.25) is 14.4 Å². The van der Waals surface area contributed by atoms with Crippen LogP contribution in [0, 0.1) is 30.1 Å². The molecule has 2 aliphatic heterocycles. The van der Waals surface area contributed by atoms with Crippen molar-refractivity contribution in [1.29, 1.82) is 0 Å². The number of aromatic nitrogens is 6. The van der Waals surface area contributed by atoms with Gasteiger partial charge in [0.25, 0.3) is 0 Å². The molecule has 4 bridgehead atoms. The first-order chi connectivity index (χ1) is 35.1. The maximum atomic E-state index is 13.1. The lowest BCUT2D eigenvalue weighted by Gasteiger charge is -2.69. The number of anilines is 4. The highest BCUT2D eigenvalue weighted by Gasteiger charge is 2.66. The zero-order chi connectivity index (χ0) is 51.0. The fourth-order valence-corrected chi connectivity index (χ4v) is 15.6. The van der Waals surface area contributed by atoms with Crippen LogP contribution < -0.4 is 10.2 Å². The van der Waals surface area contributed by atoms with Gasteiger partial charge in [0.1, 0.15) is 11.6 Å². The van der Waals surface area contributed by atoms with Crippen molar-refractivity contribution in [3.63, 3.8) is 0 Å². The Morgan fingerprint density at radius 2 is 1.51 bits per heavy atom. The van der Waals surface area contributed by atoms with E-state index in [1.165, 1.54) is 32.1 Å². The van der Waals surface area contributed by atoms with Crippen molar-refractivity contribution in [3.05, 3.63) is 65.1 Å². The number of hydrogen-bond acceptors (Lipinski definition) is 13. The standard InChI is InChI=1S/C57H76N10O5S/c1-39(68)17-12-10-8-6-7-9-11-13-21-48(69)65-27-25-64(26-28-65)29-30-72-57-35-54(4)32-55(5,36-57)34-56(33-54,37-57)38-67-41(3)44(31-58-67)43-22-23-47(60-49(43)52(70)71)66-24-16-18-42-40(2)50(62-63-51(42)66)61-53-59-45-19-14-15-20-46(45)73-53/h14-15,19-20,22-23,31H,6-13,16-18,21,24-30,32-38H2,1-5H3,(H,70,71)(H,59,61,62)/t54-,55+,56?,57?. The second-order valence-corrected chi connectivity index (χ2v) is 24.5. The third-order valence-corrected chi connectivity index (χ3v) is 18.0. The molecule has 6 heterocycles. The number of carbonyl (C=O) groups excluding carboxylic acids is 2. The molecule has 1 saturated heterocycles. The van der Waals surface area contributed by atoms with Crippen molar-refractivity contribution in [2.45, 2.75) is 162 Å². The number of carboxylic acids is 1. The number of hydrogen-bond donors (Lipinski definition) is 2. The van der Waals surface area contributed by atoms with Gasteiger partial charge in [-0.2, -0.15) is 5.10 Å². The van der Waals surface area contributed by atoms with Gasteiger partial charge in [0.05, 0.1) is 28.6 Å². The van der Waals surface area contributed by atoms with Gasteiger partial charge < -0.3 is 29.8 Å². The Labute approximate surface area is 434 Å². The zero-order valence-corrected chi connectivity index (χ0v) is 44.8. The van der Waals surface area contributed by atoms with Crippen LogP contribution in [0.4, 0.5) is 22.6 Å². The summed E-state index contributed by atoms with van der Waals surface area (Å²) in [5.41, 5.74) is 5.45. The maximum absolute atomic E-state index is 13.1. The van der Waals surface area contributed by atoms with Gasteiger partial charge in [0.15, 0.2) is 22.5 Å². The molecule has 11 rings (SSSR count). The summed E-state index contributed by atoms with van der Waals surface area (Å²) >= 11 is 1.58. The minimum atomic E-state index is -1.08. The van der Waals surface area contributed by atoms with Crippen LogP contribution in [0.15, 0.2) is 42.6 Å². The highest BCUT2D eigenvalue weighted by atomic mass is 32.1. The average molecular weight is 1010 g/mol. The Morgan fingerprint density at radius 3 is 2.22 bits per heavy atom. The number of carbonyl (C=O) groups is 3. The second-order valence-electron chi connectivity index (χ2n) is 23.5. The minimum absolute atomic E-state index is 0.00598. The molecule has 5 fully saturated rings. The van der Waals surface area contributed by atoms with Crippen LogP contribution in [0.1, 0.15) is 157 Å². The van der Waals surface area contributed by atoms with Crippen LogP contribution in [0.3, 0.4) is 0 Å². The third-order valence-electron chi connectivity index (χ3n) is 17.0. The highest BCUT2D eigenvalue weighted by molar-refractivity contribution is 7.22. The first kappa shape index (κ1) is 51.2. The van der Waals surface area contributed by atoms with Gasteiger partial charge in [0.2, 0.25) is 5.91 Å². The Kier molecular flexibility index (Phi) is 14.8. The summed E-state index contributed by atoms with van der Waals surface area (Å²) in [7, 11) is 0. The number of nitrogens with zero attached hydrogens (tertiary/aromatic N) is 9. The molecule has 73 heavy (non-hydrogen) atoms. The summed E-state index contributed by atoms with van der Waals surface area (Å²) in [5.74, 6) is 1.40. The van der Waals surface area contributed by atoms with Crippen LogP contribution in [-0.2, 0) is 27.3 Å². The van der Waals surface area contributed by atoms with Gasteiger partial charge >= 0.3 is 5.97 Å². The highest BCUT2D eigenvalue weighted by Crippen LogP contribution is 2.72. The molecule has 4 saturated carbocycles. The lowest BCUT2D eigenvalue weighted by atomic mass is 9.39. The molecule has 2 N–H and O–H groups in total. The summed E-state index contributed by atoms with van der Waals surface area (Å²) in [6.45, 7) is 17.1. The largest absolute Gasteiger partial charge is 0.476 e. The van der Waals surface area contributed by atoms with Crippen molar-refractivity contribution in [2.75, 3.05) is 56.1 Å². The zero-order valence-electron chi connectivity index (χ0n) is 43.9. The molecule has 2 unspecified atom stereocenters. The average Bonchev–Trinajstić information content (AvgIpc) is 3.92. The molecule has 16 heteroatoms. The van der Waals surface area contributed by atoms with Gasteiger partial charge in [-0.25, -0.2) is 14.8 Å². The number of aromatic carboxylic acids is 1. The van der Waals surface area contributed by atoms with E-state index < -0.39 is 5.97 Å². The van der Waals surface area contributed by atoms with Crippen LogP contribution >= 0.6 is 11.3 Å². The monoisotopic (exact) mass is 1010 g/mol. The molecule has 6 aliphatic rings. The van der Waals surface area contributed by atoms with Crippen LogP contribution in [0.5, 0.6) is 0 Å². The molecule has 5 aromatic rings. The van der Waals surface area contributed by atoms with Crippen LogP contribution in [0.2, 0.25) is 0 Å². The van der Waals surface area contributed by atoms with E-state index in [1.807, 2.05) is 48.4 Å². The quantitative estimate of drug-likeness (QED) is 0.0628. The van der Waals surface area contributed by atoms with E-state index in [-0.39, 0.29) is 27.5 Å². The SMILES string of the molecule is CC(=O)CCCCCCCCCCC(=O)N1CCN(CCOC23CC4(Cn5ncc(-c6ccc(N7CCCc8c7nnc(Nc7nc9ccccc9s7)c8C)nc6C(=O)O)c5C)C[C@@](C)(C2)C[C@](C)(C4)C3)CC1. The molecule has 0 spiro atoms. The summed E-state index contributed by atoms with van der Waals surface area (Å²) in [5, 5.41) is 29.1. The number of benzene rings is 1. The van der Waals surface area contributed by atoms with Crippen molar-refractivity contribution in [2.24, 2.45) is 16.2 Å².